The lowest BCUT2D eigenvalue weighted by molar-refractivity contribution is 0.0207. The molecule has 1 fully saturated rings. The molecule has 0 bridgehead atoms. The molecule has 4 heteroatoms. The van der Waals surface area contributed by atoms with Crippen molar-refractivity contribution in [1.29, 1.82) is 0 Å². The molecule has 0 unspecified atom stereocenters. The number of piperidine rings is 1. The third kappa shape index (κ3) is 5.75. The molecule has 1 amide bonds. The van der Waals surface area contributed by atoms with E-state index in [9.17, 15) is 4.79 Å². The van der Waals surface area contributed by atoms with E-state index in [1.807, 2.05) is 20.8 Å². The minimum absolute atomic E-state index is 0.218. The lowest BCUT2D eigenvalue weighted by Gasteiger charge is -2.32. The average Bonchev–Trinajstić information content (AvgIpc) is 2.19. The highest BCUT2D eigenvalue weighted by molar-refractivity contribution is 5.68. The zero-order chi connectivity index (χ0) is 12.8. The molecule has 0 aromatic rings. The fourth-order valence-electron chi connectivity index (χ4n) is 1.41. The second-order valence-corrected chi connectivity index (χ2v) is 4.80. The van der Waals surface area contributed by atoms with Gasteiger partial charge in [-0.05, 0) is 33.6 Å². The molecule has 1 aliphatic heterocycles. The summed E-state index contributed by atoms with van der Waals surface area (Å²) in [7, 11) is 0. The van der Waals surface area contributed by atoms with E-state index in [-0.39, 0.29) is 12.1 Å². The van der Waals surface area contributed by atoms with Crippen LogP contribution in [0.2, 0.25) is 0 Å². The predicted octanol–water partition coefficient (Wildman–Crippen LogP) is 2.15. The van der Waals surface area contributed by atoms with E-state index in [2.05, 4.69) is 13.2 Å². The number of likely N-dealkylation sites (tertiary alicyclic amines) is 1. The molecule has 0 saturated carbocycles. The van der Waals surface area contributed by atoms with Crippen molar-refractivity contribution in [1.82, 2.24) is 4.90 Å². The van der Waals surface area contributed by atoms with Crippen molar-refractivity contribution in [3.05, 3.63) is 13.2 Å². The summed E-state index contributed by atoms with van der Waals surface area (Å²) >= 11 is 0. The third-order valence-electron chi connectivity index (χ3n) is 2.19. The SMILES string of the molecule is C=C.CC(C)(C)OC(=O)N1CCC(N)CC1. The summed E-state index contributed by atoms with van der Waals surface area (Å²) in [5, 5.41) is 0. The van der Waals surface area contributed by atoms with Gasteiger partial charge in [0, 0.05) is 19.1 Å². The standard InChI is InChI=1S/C10H20N2O2.C2H4/c1-10(2,3)14-9(13)12-6-4-8(11)5-7-12;1-2/h8H,4-7,11H2,1-3H3;1-2H2. The second kappa shape index (κ2) is 6.53. The number of nitrogens with two attached hydrogens (primary N) is 1. The molecule has 0 radical (unpaired) electrons. The molecular weight excluding hydrogens is 204 g/mol. The summed E-state index contributed by atoms with van der Waals surface area (Å²) in [4.78, 5) is 13.3. The maximum absolute atomic E-state index is 11.6. The van der Waals surface area contributed by atoms with E-state index in [0.717, 1.165) is 25.9 Å². The summed E-state index contributed by atoms with van der Waals surface area (Å²) in [5.41, 5.74) is 5.34. The van der Waals surface area contributed by atoms with Crippen molar-refractivity contribution < 1.29 is 9.53 Å². The number of hydrogen-bond acceptors (Lipinski definition) is 3. The van der Waals surface area contributed by atoms with Gasteiger partial charge in [-0.2, -0.15) is 0 Å². The Kier molecular flexibility index (Phi) is 6.11. The molecule has 1 aliphatic rings. The highest BCUT2D eigenvalue weighted by Crippen LogP contribution is 2.14. The highest BCUT2D eigenvalue weighted by Gasteiger charge is 2.25. The first-order chi connectivity index (χ1) is 7.38. The molecule has 0 aromatic heterocycles. The van der Waals surface area contributed by atoms with Gasteiger partial charge < -0.3 is 15.4 Å². The van der Waals surface area contributed by atoms with Crippen molar-refractivity contribution in [3.63, 3.8) is 0 Å². The van der Waals surface area contributed by atoms with Crippen molar-refractivity contribution in [2.45, 2.75) is 45.3 Å². The summed E-state index contributed by atoms with van der Waals surface area (Å²) in [6.45, 7) is 13.1. The van der Waals surface area contributed by atoms with Gasteiger partial charge in [0.1, 0.15) is 5.60 Å². The van der Waals surface area contributed by atoms with Gasteiger partial charge >= 0.3 is 6.09 Å². The molecule has 16 heavy (non-hydrogen) atoms. The molecule has 1 heterocycles. The number of hydrogen-bond donors (Lipinski definition) is 1. The van der Waals surface area contributed by atoms with Crippen LogP contribution < -0.4 is 5.73 Å². The molecule has 0 spiro atoms. The Balaban J connectivity index is 0.00000106. The molecule has 0 aromatic carbocycles. The van der Waals surface area contributed by atoms with Gasteiger partial charge in [0.05, 0.1) is 0 Å². The lowest BCUT2D eigenvalue weighted by Crippen LogP contribution is -2.44. The van der Waals surface area contributed by atoms with E-state index in [1.54, 1.807) is 4.90 Å². The number of nitrogens with zero attached hydrogens (tertiary/aromatic N) is 1. The minimum atomic E-state index is -0.406. The van der Waals surface area contributed by atoms with Crippen LogP contribution in [0.5, 0.6) is 0 Å². The van der Waals surface area contributed by atoms with Crippen LogP contribution in [-0.2, 0) is 4.74 Å². The first kappa shape index (κ1) is 15.0. The van der Waals surface area contributed by atoms with Crippen molar-refractivity contribution >= 4 is 6.09 Å². The Morgan fingerprint density at radius 2 is 1.75 bits per heavy atom. The Bertz CT molecular complexity index is 216. The number of carbonyl (C=O) groups is 1. The summed E-state index contributed by atoms with van der Waals surface area (Å²) < 4.78 is 5.26. The molecule has 2 N–H and O–H groups in total. The maximum Gasteiger partial charge on any atom is 0.410 e. The van der Waals surface area contributed by atoms with Crippen LogP contribution in [0.25, 0.3) is 0 Å². The zero-order valence-corrected chi connectivity index (χ0v) is 10.7. The molecule has 94 valence electrons. The highest BCUT2D eigenvalue weighted by atomic mass is 16.6. The zero-order valence-electron chi connectivity index (χ0n) is 10.7. The predicted molar refractivity (Wildman–Crippen MR) is 66.3 cm³/mol. The van der Waals surface area contributed by atoms with Gasteiger partial charge in [-0.1, -0.05) is 0 Å². The summed E-state index contributed by atoms with van der Waals surface area (Å²) in [5.74, 6) is 0. The number of ether oxygens (including phenoxy) is 1. The van der Waals surface area contributed by atoms with Gasteiger partial charge in [0.2, 0.25) is 0 Å². The number of rotatable bonds is 0. The second-order valence-electron chi connectivity index (χ2n) is 4.80. The van der Waals surface area contributed by atoms with E-state index in [0.29, 0.717) is 0 Å². The van der Waals surface area contributed by atoms with Crippen molar-refractivity contribution in [2.75, 3.05) is 13.1 Å². The van der Waals surface area contributed by atoms with E-state index in [1.165, 1.54) is 0 Å². The molecule has 4 nitrogen and oxygen atoms in total. The number of carbonyl (C=O) groups excluding carboxylic acids is 1. The minimum Gasteiger partial charge on any atom is -0.444 e. The number of amides is 1. The molecule has 1 saturated heterocycles. The van der Waals surface area contributed by atoms with Gasteiger partial charge in [-0.15, -0.1) is 13.2 Å². The maximum atomic E-state index is 11.6. The smallest absolute Gasteiger partial charge is 0.410 e. The van der Waals surface area contributed by atoms with Crippen LogP contribution in [0.15, 0.2) is 13.2 Å². The summed E-state index contributed by atoms with van der Waals surface area (Å²) in [6.07, 6.45) is 1.53. The first-order valence-corrected chi connectivity index (χ1v) is 5.62. The van der Waals surface area contributed by atoms with E-state index in [4.69, 9.17) is 10.5 Å². The van der Waals surface area contributed by atoms with Gasteiger partial charge in [-0.25, -0.2) is 4.79 Å². The van der Waals surface area contributed by atoms with Gasteiger partial charge in [0.25, 0.3) is 0 Å². The van der Waals surface area contributed by atoms with Crippen molar-refractivity contribution in [2.24, 2.45) is 5.73 Å². The first-order valence-electron chi connectivity index (χ1n) is 5.62. The largest absolute Gasteiger partial charge is 0.444 e. The fourth-order valence-corrected chi connectivity index (χ4v) is 1.41. The Morgan fingerprint density at radius 3 is 2.12 bits per heavy atom. The quantitative estimate of drug-likeness (QED) is 0.646. The monoisotopic (exact) mass is 228 g/mol. The van der Waals surface area contributed by atoms with Gasteiger partial charge in [0.15, 0.2) is 0 Å². The average molecular weight is 228 g/mol. The fraction of sp³-hybridized carbons (Fsp3) is 0.750. The topological polar surface area (TPSA) is 55.6 Å². The van der Waals surface area contributed by atoms with Crippen LogP contribution in [0.1, 0.15) is 33.6 Å². The summed E-state index contributed by atoms with van der Waals surface area (Å²) in [6, 6.07) is 0.244. The van der Waals surface area contributed by atoms with Crippen molar-refractivity contribution in [3.8, 4) is 0 Å². The normalized spacial score (nSPS) is 17.4. The molecular formula is C12H24N2O2. The van der Waals surface area contributed by atoms with E-state index >= 15 is 0 Å². The Hall–Kier alpha value is -1.03. The molecule has 1 rings (SSSR count). The van der Waals surface area contributed by atoms with Gasteiger partial charge in [-0.3, -0.25) is 0 Å². The van der Waals surface area contributed by atoms with E-state index < -0.39 is 5.60 Å². The lowest BCUT2D eigenvalue weighted by atomic mass is 10.1. The van der Waals surface area contributed by atoms with Crippen LogP contribution in [0.4, 0.5) is 4.79 Å². The Labute approximate surface area is 98.4 Å². The van der Waals surface area contributed by atoms with Crippen LogP contribution in [0.3, 0.4) is 0 Å². The third-order valence-corrected chi connectivity index (χ3v) is 2.19. The van der Waals surface area contributed by atoms with Crippen LogP contribution >= 0.6 is 0 Å². The molecule has 0 atom stereocenters. The van der Waals surface area contributed by atoms with Crippen LogP contribution in [0, 0.1) is 0 Å². The van der Waals surface area contributed by atoms with Crippen LogP contribution in [-0.4, -0.2) is 35.7 Å². The Morgan fingerprint density at radius 1 is 1.31 bits per heavy atom. The molecule has 0 aliphatic carbocycles.